The zero-order chi connectivity index (χ0) is 13.1. The molecule has 0 saturated carbocycles. The van der Waals surface area contributed by atoms with Gasteiger partial charge in [0.15, 0.2) is 0 Å². The van der Waals surface area contributed by atoms with E-state index in [0.717, 1.165) is 12.8 Å². The van der Waals surface area contributed by atoms with E-state index in [9.17, 15) is 5.11 Å². The SMILES string of the molecule is CC(C)CC(O)CNC(C)c1nc2c(s1)CCC2. The van der Waals surface area contributed by atoms with Crippen molar-refractivity contribution in [2.75, 3.05) is 6.54 Å². The summed E-state index contributed by atoms with van der Waals surface area (Å²) in [5.41, 5.74) is 1.31. The second-order valence-electron chi connectivity index (χ2n) is 5.69. The van der Waals surface area contributed by atoms with Crippen molar-refractivity contribution in [3.63, 3.8) is 0 Å². The van der Waals surface area contributed by atoms with Crippen LogP contribution in [0.5, 0.6) is 0 Å². The van der Waals surface area contributed by atoms with E-state index >= 15 is 0 Å². The average Bonchev–Trinajstić information content (AvgIpc) is 2.84. The van der Waals surface area contributed by atoms with Crippen LogP contribution in [0.15, 0.2) is 0 Å². The third kappa shape index (κ3) is 3.53. The Bertz CT molecular complexity index is 368. The van der Waals surface area contributed by atoms with Crippen LogP contribution in [0.1, 0.15) is 55.2 Å². The number of fused-ring (bicyclic) bond motifs is 1. The van der Waals surface area contributed by atoms with E-state index in [1.54, 1.807) is 0 Å². The molecule has 1 heterocycles. The van der Waals surface area contributed by atoms with Crippen molar-refractivity contribution in [3.05, 3.63) is 15.6 Å². The van der Waals surface area contributed by atoms with Gasteiger partial charge in [0, 0.05) is 11.4 Å². The number of thiazole rings is 1. The maximum absolute atomic E-state index is 9.85. The molecule has 0 saturated heterocycles. The minimum atomic E-state index is -0.251. The van der Waals surface area contributed by atoms with Gasteiger partial charge < -0.3 is 10.4 Å². The molecule has 1 aliphatic rings. The third-order valence-electron chi connectivity index (χ3n) is 3.39. The van der Waals surface area contributed by atoms with Gasteiger partial charge in [0.25, 0.3) is 0 Å². The molecule has 102 valence electrons. The summed E-state index contributed by atoms with van der Waals surface area (Å²) in [5.74, 6) is 0.542. The summed E-state index contributed by atoms with van der Waals surface area (Å²) in [6.07, 6.45) is 4.22. The summed E-state index contributed by atoms with van der Waals surface area (Å²) in [7, 11) is 0. The van der Waals surface area contributed by atoms with E-state index in [1.165, 1.54) is 28.4 Å². The Kier molecular flexibility index (Phi) is 4.76. The van der Waals surface area contributed by atoms with Gasteiger partial charge >= 0.3 is 0 Å². The zero-order valence-electron chi connectivity index (χ0n) is 11.6. The minimum Gasteiger partial charge on any atom is -0.392 e. The van der Waals surface area contributed by atoms with Crippen molar-refractivity contribution in [1.29, 1.82) is 0 Å². The van der Waals surface area contributed by atoms with Crippen molar-refractivity contribution in [2.24, 2.45) is 5.92 Å². The van der Waals surface area contributed by atoms with Crippen LogP contribution in [0.3, 0.4) is 0 Å². The van der Waals surface area contributed by atoms with Crippen LogP contribution in [-0.2, 0) is 12.8 Å². The topological polar surface area (TPSA) is 45.1 Å². The van der Waals surface area contributed by atoms with Crippen LogP contribution in [0.2, 0.25) is 0 Å². The van der Waals surface area contributed by atoms with E-state index < -0.39 is 0 Å². The molecule has 0 amide bonds. The van der Waals surface area contributed by atoms with Gasteiger partial charge in [0.1, 0.15) is 5.01 Å². The average molecular weight is 268 g/mol. The monoisotopic (exact) mass is 268 g/mol. The lowest BCUT2D eigenvalue weighted by atomic mass is 10.1. The minimum absolute atomic E-state index is 0.251. The number of aliphatic hydroxyl groups is 1. The highest BCUT2D eigenvalue weighted by atomic mass is 32.1. The van der Waals surface area contributed by atoms with E-state index in [1.807, 2.05) is 11.3 Å². The highest BCUT2D eigenvalue weighted by Crippen LogP contribution is 2.30. The number of aryl methyl sites for hydroxylation is 2. The Hall–Kier alpha value is -0.450. The first-order valence-electron chi connectivity index (χ1n) is 6.96. The van der Waals surface area contributed by atoms with Crippen molar-refractivity contribution >= 4 is 11.3 Å². The Morgan fingerprint density at radius 1 is 1.33 bits per heavy atom. The lowest BCUT2D eigenvalue weighted by Crippen LogP contribution is -2.30. The highest BCUT2D eigenvalue weighted by Gasteiger charge is 2.19. The number of rotatable bonds is 6. The molecule has 3 nitrogen and oxygen atoms in total. The molecule has 0 aliphatic heterocycles. The van der Waals surface area contributed by atoms with Gasteiger partial charge in [-0.2, -0.15) is 0 Å². The summed E-state index contributed by atoms with van der Waals surface area (Å²) >= 11 is 1.84. The van der Waals surface area contributed by atoms with E-state index in [2.05, 4.69) is 26.1 Å². The maximum atomic E-state index is 9.85. The first-order valence-corrected chi connectivity index (χ1v) is 7.77. The summed E-state index contributed by atoms with van der Waals surface area (Å²) in [4.78, 5) is 6.18. The second kappa shape index (κ2) is 6.13. The Morgan fingerprint density at radius 2 is 2.11 bits per heavy atom. The molecule has 2 N–H and O–H groups in total. The summed E-state index contributed by atoms with van der Waals surface area (Å²) < 4.78 is 0. The number of hydrogen-bond acceptors (Lipinski definition) is 4. The van der Waals surface area contributed by atoms with Crippen LogP contribution in [0, 0.1) is 5.92 Å². The molecule has 4 heteroatoms. The lowest BCUT2D eigenvalue weighted by molar-refractivity contribution is 0.143. The Morgan fingerprint density at radius 3 is 2.78 bits per heavy atom. The van der Waals surface area contributed by atoms with Gasteiger partial charge in [0.2, 0.25) is 0 Å². The third-order valence-corrected chi connectivity index (χ3v) is 4.73. The van der Waals surface area contributed by atoms with Gasteiger partial charge in [-0.15, -0.1) is 11.3 Å². The quantitative estimate of drug-likeness (QED) is 0.834. The second-order valence-corrected chi connectivity index (χ2v) is 6.80. The molecule has 18 heavy (non-hydrogen) atoms. The number of nitrogens with one attached hydrogen (secondary N) is 1. The van der Waals surface area contributed by atoms with Gasteiger partial charge in [-0.05, 0) is 38.5 Å². The highest BCUT2D eigenvalue weighted by molar-refractivity contribution is 7.11. The zero-order valence-corrected chi connectivity index (χ0v) is 12.4. The van der Waals surface area contributed by atoms with Crippen molar-refractivity contribution in [3.8, 4) is 0 Å². The molecule has 1 aromatic rings. The smallest absolute Gasteiger partial charge is 0.110 e. The van der Waals surface area contributed by atoms with Crippen LogP contribution in [-0.4, -0.2) is 22.7 Å². The van der Waals surface area contributed by atoms with Crippen molar-refractivity contribution < 1.29 is 5.11 Å². The first kappa shape index (κ1) is 14.0. The molecule has 2 rings (SSSR count). The fourth-order valence-electron chi connectivity index (χ4n) is 2.42. The largest absolute Gasteiger partial charge is 0.392 e. The molecular weight excluding hydrogens is 244 g/mol. The predicted octanol–water partition coefficient (Wildman–Crippen LogP) is 2.69. The fourth-order valence-corrected chi connectivity index (χ4v) is 3.60. The number of nitrogens with zero attached hydrogens (tertiary/aromatic N) is 1. The van der Waals surface area contributed by atoms with Gasteiger partial charge in [0.05, 0.1) is 17.8 Å². The normalized spacial score (nSPS) is 18.1. The molecule has 0 bridgehead atoms. The van der Waals surface area contributed by atoms with E-state index in [4.69, 9.17) is 4.98 Å². The predicted molar refractivity (Wildman–Crippen MR) is 76.0 cm³/mol. The van der Waals surface area contributed by atoms with Crippen molar-refractivity contribution in [1.82, 2.24) is 10.3 Å². The van der Waals surface area contributed by atoms with Crippen LogP contribution < -0.4 is 5.32 Å². The summed E-state index contributed by atoms with van der Waals surface area (Å²) in [5, 5.41) is 14.4. The Labute approximate surface area is 114 Å². The fraction of sp³-hybridized carbons (Fsp3) is 0.786. The van der Waals surface area contributed by atoms with Crippen LogP contribution in [0.4, 0.5) is 0 Å². The molecule has 0 spiro atoms. The van der Waals surface area contributed by atoms with E-state index in [0.29, 0.717) is 12.5 Å². The van der Waals surface area contributed by atoms with Gasteiger partial charge in [-0.3, -0.25) is 0 Å². The molecule has 0 aromatic carbocycles. The molecule has 1 aliphatic carbocycles. The summed E-state index contributed by atoms with van der Waals surface area (Å²) in [6.45, 7) is 7.07. The van der Waals surface area contributed by atoms with Gasteiger partial charge in [-0.1, -0.05) is 13.8 Å². The molecule has 1 aromatic heterocycles. The summed E-state index contributed by atoms with van der Waals surface area (Å²) in [6, 6.07) is 0.252. The van der Waals surface area contributed by atoms with Crippen LogP contribution >= 0.6 is 11.3 Å². The lowest BCUT2D eigenvalue weighted by Gasteiger charge is -2.17. The Balaban J connectivity index is 1.82. The van der Waals surface area contributed by atoms with Crippen LogP contribution in [0.25, 0.3) is 0 Å². The number of aromatic nitrogens is 1. The van der Waals surface area contributed by atoms with Gasteiger partial charge in [-0.25, -0.2) is 4.98 Å². The standard InChI is InChI=1S/C14H24N2OS/c1-9(2)7-11(17)8-15-10(3)14-16-12-5-4-6-13(12)18-14/h9-11,15,17H,4-8H2,1-3H3. The number of aliphatic hydroxyl groups excluding tert-OH is 1. The molecule has 2 atom stereocenters. The maximum Gasteiger partial charge on any atom is 0.110 e. The number of hydrogen-bond donors (Lipinski definition) is 2. The molecule has 0 fully saturated rings. The van der Waals surface area contributed by atoms with E-state index in [-0.39, 0.29) is 12.1 Å². The molecule has 2 unspecified atom stereocenters. The van der Waals surface area contributed by atoms with Crippen molar-refractivity contribution in [2.45, 2.75) is 58.6 Å². The molecular formula is C14H24N2OS. The first-order chi connectivity index (χ1) is 8.56. The molecule has 0 radical (unpaired) electrons.